The normalized spacial score (nSPS) is 9.83. The van der Waals surface area contributed by atoms with Crippen molar-refractivity contribution in [1.82, 2.24) is 0 Å². The second-order valence-corrected chi connectivity index (χ2v) is 4.03. The van der Waals surface area contributed by atoms with Crippen molar-refractivity contribution in [2.45, 2.75) is 13.5 Å². The van der Waals surface area contributed by atoms with Crippen LogP contribution in [0, 0.1) is 24.1 Å². The maximum Gasteiger partial charge on any atom is 0.144 e. The predicted molar refractivity (Wildman–Crippen MR) is 66.6 cm³/mol. The zero-order chi connectivity index (χ0) is 13.0. The molecule has 0 fully saturated rings. The van der Waals surface area contributed by atoms with Crippen molar-refractivity contribution < 1.29 is 9.13 Å². The Hall–Kier alpha value is -2.34. The van der Waals surface area contributed by atoms with Crippen LogP contribution in [0.15, 0.2) is 42.5 Å². The van der Waals surface area contributed by atoms with Gasteiger partial charge < -0.3 is 4.74 Å². The summed E-state index contributed by atoms with van der Waals surface area (Å²) in [7, 11) is 0. The van der Waals surface area contributed by atoms with Crippen molar-refractivity contribution >= 4 is 0 Å². The van der Waals surface area contributed by atoms with Gasteiger partial charge >= 0.3 is 0 Å². The Bertz CT molecular complexity index is 602. The summed E-state index contributed by atoms with van der Waals surface area (Å²) >= 11 is 0. The van der Waals surface area contributed by atoms with Gasteiger partial charge in [-0.05, 0) is 24.6 Å². The van der Waals surface area contributed by atoms with E-state index in [1.54, 1.807) is 12.1 Å². The Morgan fingerprint density at radius 1 is 1.22 bits per heavy atom. The topological polar surface area (TPSA) is 33.0 Å². The third kappa shape index (κ3) is 2.86. The van der Waals surface area contributed by atoms with E-state index in [0.717, 1.165) is 11.1 Å². The lowest BCUT2D eigenvalue weighted by Crippen LogP contribution is -1.96. The fraction of sp³-hybridized carbons (Fsp3) is 0.133. The molecule has 2 nitrogen and oxygen atoms in total. The maximum absolute atomic E-state index is 13.3. The molecular weight excluding hydrogens is 229 g/mol. The summed E-state index contributed by atoms with van der Waals surface area (Å²) in [6.45, 7) is 2.39. The molecule has 2 aromatic carbocycles. The van der Waals surface area contributed by atoms with Crippen LogP contribution in [0.1, 0.15) is 16.7 Å². The molecule has 90 valence electrons. The van der Waals surface area contributed by atoms with Crippen molar-refractivity contribution in [3.63, 3.8) is 0 Å². The van der Waals surface area contributed by atoms with Gasteiger partial charge in [0.25, 0.3) is 0 Å². The molecule has 2 aromatic rings. The molecule has 0 unspecified atom stereocenters. The lowest BCUT2D eigenvalue weighted by Gasteiger charge is -2.07. The highest BCUT2D eigenvalue weighted by Crippen LogP contribution is 2.17. The van der Waals surface area contributed by atoms with Crippen molar-refractivity contribution in [1.29, 1.82) is 5.26 Å². The molecule has 0 aliphatic heterocycles. The van der Waals surface area contributed by atoms with Crippen LogP contribution in [0.2, 0.25) is 0 Å². The van der Waals surface area contributed by atoms with E-state index in [2.05, 4.69) is 0 Å². The molecule has 0 bridgehead atoms. The van der Waals surface area contributed by atoms with Gasteiger partial charge in [-0.25, -0.2) is 4.39 Å². The molecule has 0 heterocycles. The maximum atomic E-state index is 13.3. The second-order valence-electron chi connectivity index (χ2n) is 4.03. The average Bonchev–Trinajstić information content (AvgIpc) is 2.37. The number of hydrogen-bond acceptors (Lipinski definition) is 2. The fourth-order valence-electron chi connectivity index (χ4n) is 1.64. The van der Waals surface area contributed by atoms with Gasteiger partial charge in [0, 0.05) is 6.07 Å². The number of ether oxygens (including phenoxy) is 1. The van der Waals surface area contributed by atoms with E-state index in [1.165, 1.54) is 12.1 Å². The predicted octanol–water partition coefficient (Wildman–Crippen LogP) is 3.58. The molecule has 3 heteroatoms. The average molecular weight is 241 g/mol. The van der Waals surface area contributed by atoms with Crippen molar-refractivity contribution in [3.8, 4) is 11.8 Å². The summed E-state index contributed by atoms with van der Waals surface area (Å²) < 4.78 is 18.8. The monoisotopic (exact) mass is 241 g/mol. The molecule has 0 saturated heterocycles. The second kappa shape index (κ2) is 5.33. The van der Waals surface area contributed by atoms with Crippen LogP contribution in [0.3, 0.4) is 0 Å². The standard InChI is InChI=1S/C15H12FNO/c1-11-3-2-4-12(7-11)10-18-14-6-5-13(9-17)15(16)8-14/h2-8H,10H2,1H3. The number of hydrogen-bond donors (Lipinski definition) is 0. The molecule has 2 rings (SSSR count). The number of benzene rings is 2. The Morgan fingerprint density at radius 3 is 2.72 bits per heavy atom. The number of rotatable bonds is 3. The van der Waals surface area contributed by atoms with Gasteiger partial charge in [-0.15, -0.1) is 0 Å². The first-order chi connectivity index (χ1) is 8.69. The fourth-order valence-corrected chi connectivity index (χ4v) is 1.64. The molecule has 0 radical (unpaired) electrons. The van der Waals surface area contributed by atoms with Gasteiger partial charge in [-0.1, -0.05) is 29.8 Å². The molecule has 0 N–H and O–H groups in total. The van der Waals surface area contributed by atoms with Crippen LogP contribution in [-0.4, -0.2) is 0 Å². The first kappa shape index (κ1) is 12.1. The smallest absolute Gasteiger partial charge is 0.144 e. The Balaban J connectivity index is 2.07. The molecule has 0 aliphatic carbocycles. The lowest BCUT2D eigenvalue weighted by atomic mass is 10.1. The molecule has 0 aromatic heterocycles. The summed E-state index contributed by atoms with van der Waals surface area (Å²) in [5, 5.41) is 8.62. The van der Waals surface area contributed by atoms with E-state index in [1.807, 2.05) is 31.2 Å². The summed E-state index contributed by atoms with van der Waals surface area (Å²) in [5.74, 6) is -0.132. The molecule has 0 amide bonds. The van der Waals surface area contributed by atoms with Crippen LogP contribution in [0.5, 0.6) is 5.75 Å². The van der Waals surface area contributed by atoms with Crippen molar-refractivity contribution in [3.05, 3.63) is 65.0 Å². The van der Waals surface area contributed by atoms with Gasteiger partial charge in [0.2, 0.25) is 0 Å². The number of nitriles is 1. The minimum absolute atomic E-state index is 0.0258. The summed E-state index contributed by atoms with van der Waals surface area (Å²) in [5.41, 5.74) is 2.21. The zero-order valence-corrected chi connectivity index (χ0v) is 9.98. The molecule has 0 saturated carbocycles. The summed E-state index contributed by atoms with van der Waals surface area (Å²) in [6.07, 6.45) is 0. The van der Waals surface area contributed by atoms with E-state index in [4.69, 9.17) is 10.00 Å². The van der Waals surface area contributed by atoms with Gasteiger partial charge in [-0.3, -0.25) is 0 Å². The molecule has 18 heavy (non-hydrogen) atoms. The number of aryl methyl sites for hydroxylation is 1. The van der Waals surface area contributed by atoms with E-state index in [0.29, 0.717) is 12.4 Å². The SMILES string of the molecule is Cc1cccc(COc2ccc(C#N)c(F)c2)c1. The van der Waals surface area contributed by atoms with Crippen LogP contribution < -0.4 is 4.74 Å². The van der Waals surface area contributed by atoms with E-state index >= 15 is 0 Å². The number of halogens is 1. The van der Waals surface area contributed by atoms with Crippen LogP contribution in [0.25, 0.3) is 0 Å². The van der Waals surface area contributed by atoms with Gasteiger partial charge in [-0.2, -0.15) is 5.26 Å². The van der Waals surface area contributed by atoms with Gasteiger partial charge in [0.05, 0.1) is 5.56 Å². The van der Waals surface area contributed by atoms with E-state index in [9.17, 15) is 4.39 Å². The van der Waals surface area contributed by atoms with Crippen LogP contribution in [0.4, 0.5) is 4.39 Å². The van der Waals surface area contributed by atoms with Crippen LogP contribution in [-0.2, 0) is 6.61 Å². The highest BCUT2D eigenvalue weighted by Gasteiger charge is 2.03. The highest BCUT2D eigenvalue weighted by molar-refractivity contribution is 5.36. The largest absolute Gasteiger partial charge is 0.489 e. The minimum Gasteiger partial charge on any atom is -0.489 e. The van der Waals surface area contributed by atoms with Crippen molar-refractivity contribution in [2.24, 2.45) is 0 Å². The summed E-state index contributed by atoms with van der Waals surface area (Å²) in [4.78, 5) is 0. The molecular formula is C15H12FNO. The van der Waals surface area contributed by atoms with Gasteiger partial charge in [0.15, 0.2) is 0 Å². The first-order valence-electron chi connectivity index (χ1n) is 5.57. The quantitative estimate of drug-likeness (QED) is 0.822. The number of nitrogens with zero attached hydrogens (tertiary/aromatic N) is 1. The lowest BCUT2D eigenvalue weighted by molar-refractivity contribution is 0.304. The van der Waals surface area contributed by atoms with Crippen LogP contribution >= 0.6 is 0 Å². The third-order valence-corrected chi connectivity index (χ3v) is 2.55. The molecule has 0 atom stereocenters. The molecule has 0 spiro atoms. The van der Waals surface area contributed by atoms with Crippen molar-refractivity contribution in [2.75, 3.05) is 0 Å². The Morgan fingerprint density at radius 2 is 2.06 bits per heavy atom. The van der Waals surface area contributed by atoms with E-state index < -0.39 is 5.82 Å². The first-order valence-corrected chi connectivity index (χ1v) is 5.57. The Kier molecular flexibility index (Phi) is 3.59. The third-order valence-electron chi connectivity index (χ3n) is 2.55. The zero-order valence-electron chi connectivity index (χ0n) is 9.98. The van der Waals surface area contributed by atoms with Gasteiger partial charge in [0.1, 0.15) is 24.2 Å². The highest BCUT2D eigenvalue weighted by atomic mass is 19.1. The van der Waals surface area contributed by atoms with E-state index in [-0.39, 0.29) is 5.56 Å². The summed E-state index contributed by atoms with van der Waals surface area (Å²) in [6, 6.07) is 13.9. The minimum atomic E-state index is -0.556. The Labute approximate surface area is 105 Å². The molecule has 0 aliphatic rings.